The van der Waals surface area contributed by atoms with Crippen molar-refractivity contribution in [2.24, 2.45) is 11.3 Å². The lowest BCUT2D eigenvalue weighted by molar-refractivity contribution is 0.129. The molecule has 106 valence electrons. The van der Waals surface area contributed by atoms with E-state index in [9.17, 15) is 0 Å². The topological polar surface area (TPSA) is 12.0 Å². The van der Waals surface area contributed by atoms with Gasteiger partial charge in [-0.15, -0.1) is 0 Å². The molecule has 0 aliphatic heterocycles. The second-order valence-electron chi connectivity index (χ2n) is 6.29. The van der Waals surface area contributed by atoms with Gasteiger partial charge < -0.3 is 5.32 Å². The highest BCUT2D eigenvalue weighted by molar-refractivity contribution is 6.35. The largest absolute Gasteiger partial charge is 0.316 e. The van der Waals surface area contributed by atoms with Gasteiger partial charge in [0.05, 0.1) is 0 Å². The molecule has 0 unspecified atom stereocenters. The van der Waals surface area contributed by atoms with E-state index >= 15 is 0 Å². The first kappa shape index (κ1) is 15.2. The molecule has 1 aliphatic rings. The van der Waals surface area contributed by atoms with E-state index in [2.05, 4.69) is 25.2 Å². The van der Waals surface area contributed by atoms with Gasteiger partial charge in [-0.2, -0.15) is 0 Å². The summed E-state index contributed by atoms with van der Waals surface area (Å²) in [4.78, 5) is 0. The van der Waals surface area contributed by atoms with Crippen LogP contribution in [0, 0.1) is 11.3 Å². The molecule has 1 saturated carbocycles. The summed E-state index contributed by atoms with van der Waals surface area (Å²) < 4.78 is 0. The Hall–Kier alpha value is -0.240. The predicted octanol–water partition coefficient (Wildman–Crippen LogP) is 4.95. The van der Waals surface area contributed by atoms with Crippen LogP contribution in [0.5, 0.6) is 0 Å². The summed E-state index contributed by atoms with van der Waals surface area (Å²) in [7, 11) is 0. The quantitative estimate of drug-likeness (QED) is 0.783. The van der Waals surface area contributed by atoms with Crippen LogP contribution in [0.15, 0.2) is 18.2 Å². The summed E-state index contributed by atoms with van der Waals surface area (Å²) in [5.74, 6) is 0.705. The zero-order valence-corrected chi connectivity index (χ0v) is 13.3. The van der Waals surface area contributed by atoms with Crippen LogP contribution in [0.4, 0.5) is 0 Å². The maximum absolute atomic E-state index is 6.30. The van der Waals surface area contributed by atoms with Crippen molar-refractivity contribution in [2.45, 2.75) is 39.5 Å². The fourth-order valence-corrected chi connectivity index (χ4v) is 3.26. The van der Waals surface area contributed by atoms with E-state index in [-0.39, 0.29) is 0 Å². The van der Waals surface area contributed by atoms with E-state index in [1.54, 1.807) is 0 Å². The van der Waals surface area contributed by atoms with Gasteiger partial charge in [-0.1, -0.05) is 49.5 Å². The van der Waals surface area contributed by atoms with Gasteiger partial charge in [-0.05, 0) is 54.8 Å². The molecule has 0 spiro atoms. The molecule has 0 atom stereocenters. The van der Waals surface area contributed by atoms with Crippen molar-refractivity contribution in [3.05, 3.63) is 33.8 Å². The van der Waals surface area contributed by atoms with Crippen LogP contribution in [0.25, 0.3) is 0 Å². The molecule has 0 amide bonds. The third-order valence-electron chi connectivity index (χ3n) is 4.05. The van der Waals surface area contributed by atoms with Crippen molar-refractivity contribution < 1.29 is 0 Å². The highest BCUT2D eigenvalue weighted by Crippen LogP contribution is 2.44. The molecule has 3 heteroatoms. The smallest absolute Gasteiger partial charge is 0.0453 e. The Bertz CT molecular complexity index is 425. The summed E-state index contributed by atoms with van der Waals surface area (Å²) in [5, 5.41) is 5.13. The molecule has 1 aromatic rings. The minimum absolute atomic E-state index is 0.409. The Morgan fingerprint density at radius 2 is 2.00 bits per heavy atom. The molecule has 19 heavy (non-hydrogen) atoms. The first-order chi connectivity index (χ1) is 9.01. The minimum atomic E-state index is 0.409. The van der Waals surface area contributed by atoms with Crippen LogP contribution in [0.2, 0.25) is 10.0 Å². The molecule has 2 rings (SSSR count). The molecule has 1 aromatic carbocycles. The third-order valence-corrected chi connectivity index (χ3v) is 4.63. The van der Waals surface area contributed by atoms with E-state index in [4.69, 9.17) is 23.2 Å². The molecule has 1 N–H and O–H groups in total. The van der Waals surface area contributed by atoms with Crippen LogP contribution in [-0.2, 0) is 6.42 Å². The number of hydrogen-bond acceptors (Lipinski definition) is 1. The molecule has 0 aromatic heterocycles. The molecule has 1 aliphatic carbocycles. The van der Waals surface area contributed by atoms with Crippen molar-refractivity contribution in [1.82, 2.24) is 5.32 Å². The Morgan fingerprint density at radius 3 is 2.53 bits per heavy atom. The molecule has 0 heterocycles. The number of nitrogens with one attached hydrogen (secondary N) is 1. The molecular weight excluding hydrogens is 277 g/mol. The maximum atomic E-state index is 6.30. The van der Waals surface area contributed by atoms with Gasteiger partial charge >= 0.3 is 0 Å². The van der Waals surface area contributed by atoms with Crippen molar-refractivity contribution in [3.8, 4) is 0 Å². The predicted molar refractivity (Wildman–Crippen MR) is 84.2 cm³/mol. The highest BCUT2D eigenvalue weighted by atomic mass is 35.5. The molecule has 0 radical (unpaired) electrons. The fraction of sp³-hybridized carbons (Fsp3) is 0.625. The van der Waals surface area contributed by atoms with Gasteiger partial charge in [-0.3, -0.25) is 0 Å². The van der Waals surface area contributed by atoms with E-state index < -0.39 is 0 Å². The Kier molecular flexibility index (Phi) is 5.16. The van der Waals surface area contributed by atoms with Crippen LogP contribution in [0.1, 0.15) is 38.7 Å². The second kappa shape index (κ2) is 6.47. The first-order valence-electron chi connectivity index (χ1n) is 7.15. The summed E-state index contributed by atoms with van der Waals surface area (Å²) in [6.45, 7) is 6.69. The van der Waals surface area contributed by atoms with Crippen molar-refractivity contribution >= 4 is 23.2 Å². The zero-order chi connectivity index (χ0) is 13.9. The highest BCUT2D eigenvalue weighted by Gasteiger charge is 2.36. The van der Waals surface area contributed by atoms with Gasteiger partial charge in [0.15, 0.2) is 0 Å². The first-order valence-corrected chi connectivity index (χ1v) is 7.91. The third kappa shape index (κ3) is 4.11. The number of halogens is 2. The van der Waals surface area contributed by atoms with Crippen molar-refractivity contribution in [1.29, 1.82) is 0 Å². The van der Waals surface area contributed by atoms with Crippen LogP contribution in [0.3, 0.4) is 0 Å². The van der Waals surface area contributed by atoms with Gasteiger partial charge in [0.25, 0.3) is 0 Å². The lowest BCUT2D eigenvalue weighted by atomic mass is 9.65. The van der Waals surface area contributed by atoms with E-state index in [0.29, 0.717) is 16.4 Å². The Morgan fingerprint density at radius 1 is 1.26 bits per heavy atom. The summed E-state index contributed by atoms with van der Waals surface area (Å²) in [6.07, 6.45) is 5.01. The van der Waals surface area contributed by atoms with Crippen molar-refractivity contribution in [3.63, 3.8) is 0 Å². The molecule has 0 bridgehead atoms. The SMILES string of the molecule is CC(C)CNCC1(Cc2ccc(Cl)cc2Cl)CCC1. The molecule has 0 saturated heterocycles. The van der Waals surface area contributed by atoms with Gasteiger partial charge in [-0.25, -0.2) is 0 Å². The maximum Gasteiger partial charge on any atom is 0.0453 e. The number of rotatable bonds is 6. The standard InChI is InChI=1S/C16H23Cl2N/c1-12(2)10-19-11-16(6-3-7-16)9-13-4-5-14(17)8-15(13)18/h4-5,8,12,19H,3,6-7,9-11H2,1-2H3. The number of benzene rings is 1. The lowest BCUT2D eigenvalue weighted by Gasteiger charge is -2.43. The van der Waals surface area contributed by atoms with Gasteiger partial charge in [0.2, 0.25) is 0 Å². The van der Waals surface area contributed by atoms with E-state index in [0.717, 1.165) is 24.5 Å². The zero-order valence-electron chi connectivity index (χ0n) is 11.8. The molecular formula is C16H23Cl2N. The number of hydrogen-bond donors (Lipinski definition) is 1. The van der Waals surface area contributed by atoms with E-state index in [1.165, 1.54) is 24.8 Å². The summed E-state index contributed by atoms with van der Waals surface area (Å²) in [5.41, 5.74) is 1.64. The normalized spacial score (nSPS) is 17.5. The van der Waals surface area contributed by atoms with Gasteiger partial charge in [0.1, 0.15) is 0 Å². The lowest BCUT2D eigenvalue weighted by Crippen LogP contribution is -2.42. The molecule has 1 nitrogen and oxygen atoms in total. The monoisotopic (exact) mass is 299 g/mol. The molecule has 1 fully saturated rings. The summed E-state index contributed by atoms with van der Waals surface area (Å²) >= 11 is 12.3. The average Bonchev–Trinajstić information content (AvgIpc) is 2.28. The fourth-order valence-electron chi connectivity index (χ4n) is 2.79. The van der Waals surface area contributed by atoms with Gasteiger partial charge in [0, 0.05) is 16.6 Å². The Balaban J connectivity index is 1.98. The van der Waals surface area contributed by atoms with Crippen LogP contribution >= 0.6 is 23.2 Å². The minimum Gasteiger partial charge on any atom is -0.316 e. The van der Waals surface area contributed by atoms with Crippen molar-refractivity contribution in [2.75, 3.05) is 13.1 Å². The van der Waals surface area contributed by atoms with E-state index in [1.807, 2.05) is 12.1 Å². The Labute approximate surface area is 126 Å². The average molecular weight is 300 g/mol. The second-order valence-corrected chi connectivity index (χ2v) is 7.13. The summed E-state index contributed by atoms with van der Waals surface area (Å²) in [6, 6.07) is 5.87. The van der Waals surface area contributed by atoms with Crippen LogP contribution < -0.4 is 5.32 Å². The van der Waals surface area contributed by atoms with Crippen LogP contribution in [-0.4, -0.2) is 13.1 Å².